The van der Waals surface area contributed by atoms with Crippen LogP contribution < -0.4 is 11.5 Å². The van der Waals surface area contributed by atoms with Gasteiger partial charge < -0.3 is 11.5 Å². The molecule has 0 unspecified atom stereocenters. The molecular formula is C10H6N4O2. The van der Waals surface area contributed by atoms with Crippen molar-refractivity contribution in [1.82, 2.24) is 0 Å². The van der Waals surface area contributed by atoms with E-state index in [1.807, 2.05) is 0 Å². The van der Waals surface area contributed by atoms with E-state index in [1.165, 1.54) is 0 Å². The van der Waals surface area contributed by atoms with Gasteiger partial charge in [0.05, 0.1) is 22.3 Å². The number of nitriles is 2. The van der Waals surface area contributed by atoms with Crippen molar-refractivity contribution >= 4 is 11.8 Å². The highest BCUT2D eigenvalue weighted by atomic mass is 16.2. The fourth-order valence-corrected chi connectivity index (χ4v) is 1.19. The lowest BCUT2D eigenvalue weighted by atomic mass is 9.98. The largest absolute Gasteiger partial charge is 0.366 e. The molecule has 0 saturated heterocycles. The fraction of sp³-hybridized carbons (Fsp3) is 0. The van der Waals surface area contributed by atoms with Gasteiger partial charge in [0, 0.05) is 0 Å². The molecule has 1 aromatic carbocycles. The highest BCUT2D eigenvalue weighted by Gasteiger charge is 2.16. The van der Waals surface area contributed by atoms with Gasteiger partial charge in [-0.2, -0.15) is 10.5 Å². The SMILES string of the molecule is N#Cc1cc(C(N)=O)c(C(N)=O)cc1C#N. The first-order chi connectivity index (χ1) is 7.51. The van der Waals surface area contributed by atoms with Crippen molar-refractivity contribution in [3.63, 3.8) is 0 Å². The smallest absolute Gasteiger partial charge is 0.249 e. The lowest BCUT2D eigenvalue weighted by molar-refractivity contribution is 0.0967. The Morgan fingerprint density at radius 2 is 1.25 bits per heavy atom. The summed E-state index contributed by atoms with van der Waals surface area (Å²) in [5.74, 6) is -1.76. The minimum Gasteiger partial charge on any atom is -0.366 e. The zero-order chi connectivity index (χ0) is 12.3. The quantitative estimate of drug-likeness (QED) is 0.694. The van der Waals surface area contributed by atoms with Crippen LogP contribution in [0.15, 0.2) is 12.1 Å². The van der Waals surface area contributed by atoms with Gasteiger partial charge in [0.15, 0.2) is 0 Å². The molecule has 78 valence electrons. The average Bonchev–Trinajstić information content (AvgIpc) is 2.26. The van der Waals surface area contributed by atoms with Gasteiger partial charge in [0.2, 0.25) is 11.8 Å². The Kier molecular flexibility index (Phi) is 2.88. The molecule has 16 heavy (non-hydrogen) atoms. The van der Waals surface area contributed by atoms with Gasteiger partial charge in [-0.25, -0.2) is 0 Å². The summed E-state index contributed by atoms with van der Waals surface area (Å²) in [6.07, 6.45) is 0. The van der Waals surface area contributed by atoms with Crippen molar-refractivity contribution in [2.24, 2.45) is 11.5 Å². The molecule has 0 atom stereocenters. The Morgan fingerprint density at radius 3 is 1.44 bits per heavy atom. The van der Waals surface area contributed by atoms with E-state index in [0.717, 1.165) is 12.1 Å². The third-order valence-corrected chi connectivity index (χ3v) is 1.93. The summed E-state index contributed by atoms with van der Waals surface area (Å²) >= 11 is 0. The lowest BCUT2D eigenvalue weighted by Gasteiger charge is -2.04. The topological polar surface area (TPSA) is 134 Å². The van der Waals surface area contributed by atoms with E-state index in [-0.39, 0.29) is 22.3 Å². The number of hydrogen-bond acceptors (Lipinski definition) is 4. The highest BCUT2D eigenvalue weighted by molar-refractivity contribution is 6.06. The number of carbonyl (C=O) groups is 2. The van der Waals surface area contributed by atoms with Crippen molar-refractivity contribution in [2.45, 2.75) is 0 Å². The molecule has 4 N–H and O–H groups in total. The maximum Gasteiger partial charge on any atom is 0.249 e. The molecular weight excluding hydrogens is 208 g/mol. The number of nitrogens with two attached hydrogens (primary N) is 2. The Labute approximate surface area is 90.7 Å². The molecule has 0 aliphatic carbocycles. The van der Waals surface area contributed by atoms with Crippen molar-refractivity contribution in [1.29, 1.82) is 10.5 Å². The van der Waals surface area contributed by atoms with Crippen LogP contribution in [0.1, 0.15) is 31.8 Å². The van der Waals surface area contributed by atoms with Gasteiger partial charge in [-0.15, -0.1) is 0 Å². The van der Waals surface area contributed by atoms with Gasteiger partial charge in [0.25, 0.3) is 0 Å². The Hall–Kier alpha value is -2.86. The number of hydrogen-bond donors (Lipinski definition) is 2. The minimum absolute atomic E-state index is 0.0266. The van der Waals surface area contributed by atoms with Crippen LogP contribution in [0.2, 0.25) is 0 Å². The average molecular weight is 214 g/mol. The molecule has 0 fully saturated rings. The van der Waals surface area contributed by atoms with Crippen LogP contribution in [0.4, 0.5) is 0 Å². The van der Waals surface area contributed by atoms with Crippen molar-refractivity contribution < 1.29 is 9.59 Å². The monoisotopic (exact) mass is 214 g/mol. The number of carbonyl (C=O) groups excluding carboxylic acids is 2. The predicted molar refractivity (Wildman–Crippen MR) is 52.9 cm³/mol. The van der Waals surface area contributed by atoms with Gasteiger partial charge >= 0.3 is 0 Å². The first-order valence-electron chi connectivity index (χ1n) is 4.09. The molecule has 0 spiro atoms. The van der Waals surface area contributed by atoms with Crippen LogP contribution in [-0.2, 0) is 0 Å². The molecule has 0 bridgehead atoms. The number of amides is 2. The van der Waals surface area contributed by atoms with Crippen LogP contribution in [0.25, 0.3) is 0 Å². The van der Waals surface area contributed by atoms with E-state index in [9.17, 15) is 9.59 Å². The van der Waals surface area contributed by atoms with Crippen LogP contribution >= 0.6 is 0 Å². The summed E-state index contributed by atoms with van der Waals surface area (Å²) in [5, 5.41) is 17.4. The van der Waals surface area contributed by atoms with E-state index in [4.69, 9.17) is 22.0 Å². The molecule has 0 aliphatic rings. The normalized spacial score (nSPS) is 8.88. The Balaban J connectivity index is 3.64. The summed E-state index contributed by atoms with van der Waals surface area (Å²) < 4.78 is 0. The third-order valence-electron chi connectivity index (χ3n) is 1.93. The molecule has 2 amide bonds. The number of nitrogens with zero attached hydrogens (tertiary/aromatic N) is 2. The second-order valence-electron chi connectivity index (χ2n) is 2.90. The Bertz CT molecular complexity index is 512. The second-order valence-corrected chi connectivity index (χ2v) is 2.90. The fourth-order valence-electron chi connectivity index (χ4n) is 1.19. The highest BCUT2D eigenvalue weighted by Crippen LogP contribution is 2.15. The lowest BCUT2D eigenvalue weighted by Crippen LogP contribution is -2.21. The molecule has 0 saturated carbocycles. The first-order valence-corrected chi connectivity index (χ1v) is 4.09. The second kappa shape index (κ2) is 4.11. The summed E-state index contributed by atoms with van der Waals surface area (Å²) in [5.41, 5.74) is 9.68. The molecule has 0 radical (unpaired) electrons. The number of rotatable bonds is 2. The van der Waals surface area contributed by atoms with E-state index < -0.39 is 11.8 Å². The van der Waals surface area contributed by atoms with Crippen LogP contribution in [0.5, 0.6) is 0 Å². The van der Waals surface area contributed by atoms with Crippen molar-refractivity contribution in [2.75, 3.05) is 0 Å². The standard InChI is InChI=1S/C10H6N4O2/c11-3-5-1-7(9(13)15)8(10(14)16)2-6(5)4-12/h1-2H,(H2,13,15)(H2,14,16). The molecule has 6 heteroatoms. The summed E-state index contributed by atoms with van der Waals surface area (Å²) in [7, 11) is 0. The molecule has 1 rings (SSSR count). The molecule has 0 aliphatic heterocycles. The zero-order valence-electron chi connectivity index (χ0n) is 8.02. The van der Waals surface area contributed by atoms with Crippen LogP contribution in [-0.4, -0.2) is 11.8 Å². The maximum atomic E-state index is 11.0. The predicted octanol–water partition coefficient (Wildman–Crippen LogP) is -0.372. The molecule has 0 heterocycles. The third kappa shape index (κ3) is 1.81. The molecule has 6 nitrogen and oxygen atoms in total. The maximum absolute atomic E-state index is 11.0. The molecule has 0 aromatic heterocycles. The van der Waals surface area contributed by atoms with E-state index in [1.54, 1.807) is 12.1 Å². The van der Waals surface area contributed by atoms with Crippen LogP contribution in [0, 0.1) is 22.7 Å². The number of primary amides is 2. The van der Waals surface area contributed by atoms with Gasteiger partial charge in [-0.3, -0.25) is 9.59 Å². The van der Waals surface area contributed by atoms with E-state index in [0.29, 0.717) is 0 Å². The van der Waals surface area contributed by atoms with Crippen molar-refractivity contribution in [3.8, 4) is 12.1 Å². The molecule has 1 aromatic rings. The van der Waals surface area contributed by atoms with E-state index in [2.05, 4.69) is 0 Å². The van der Waals surface area contributed by atoms with E-state index >= 15 is 0 Å². The summed E-state index contributed by atoms with van der Waals surface area (Å²) in [6.45, 7) is 0. The Morgan fingerprint density at radius 1 is 0.938 bits per heavy atom. The van der Waals surface area contributed by atoms with Gasteiger partial charge in [-0.05, 0) is 12.1 Å². The summed E-state index contributed by atoms with van der Waals surface area (Å²) in [6, 6.07) is 5.62. The zero-order valence-corrected chi connectivity index (χ0v) is 8.02. The van der Waals surface area contributed by atoms with Crippen molar-refractivity contribution in [3.05, 3.63) is 34.4 Å². The van der Waals surface area contributed by atoms with Crippen LogP contribution in [0.3, 0.4) is 0 Å². The summed E-state index contributed by atoms with van der Waals surface area (Å²) in [4.78, 5) is 22.0. The van der Waals surface area contributed by atoms with Gasteiger partial charge in [0.1, 0.15) is 12.1 Å². The minimum atomic E-state index is -0.880. The van der Waals surface area contributed by atoms with Gasteiger partial charge in [-0.1, -0.05) is 0 Å². The first kappa shape index (κ1) is 11.2. The number of benzene rings is 1.